The molecular formula is C29H32BrN3O3S. The quantitative estimate of drug-likeness (QED) is 0.420. The van der Waals surface area contributed by atoms with Crippen LogP contribution in [0.15, 0.2) is 94.3 Å². The Labute approximate surface area is 228 Å². The van der Waals surface area contributed by atoms with E-state index in [-0.39, 0.29) is 29.3 Å². The van der Waals surface area contributed by atoms with Gasteiger partial charge in [-0.2, -0.15) is 4.31 Å². The fourth-order valence-electron chi connectivity index (χ4n) is 5.46. The summed E-state index contributed by atoms with van der Waals surface area (Å²) in [4.78, 5) is 18.2. The highest BCUT2D eigenvalue weighted by Crippen LogP contribution is 2.31. The number of carbonyl (C=O) groups is 1. The first kappa shape index (κ1) is 26.1. The molecule has 0 aliphatic carbocycles. The summed E-state index contributed by atoms with van der Waals surface area (Å²) in [6, 6.07) is 27.8. The molecule has 0 bridgehead atoms. The summed E-state index contributed by atoms with van der Waals surface area (Å²) in [5.74, 6) is -0.226. The van der Waals surface area contributed by atoms with Gasteiger partial charge in [0, 0.05) is 43.7 Å². The summed E-state index contributed by atoms with van der Waals surface area (Å²) >= 11 is 3.36. The van der Waals surface area contributed by atoms with E-state index in [1.165, 1.54) is 15.4 Å². The fourth-order valence-corrected chi connectivity index (χ4v) is 7.25. The third-order valence-electron chi connectivity index (χ3n) is 7.41. The number of halogens is 1. The highest BCUT2D eigenvalue weighted by Gasteiger charge is 2.36. The van der Waals surface area contributed by atoms with Crippen molar-refractivity contribution in [2.45, 2.75) is 23.8 Å². The summed E-state index contributed by atoms with van der Waals surface area (Å²) in [5, 5.41) is 0. The summed E-state index contributed by atoms with van der Waals surface area (Å²) in [7, 11) is -3.62. The second-order valence-corrected chi connectivity index (χ2v) is 12.6. The van der Waals surface area contributed by atoms with Crippen molar-refractivity contribution in [3.05, 3.63) is 101 Å². The molecule has 2 saturated heterocycles. The average molecular weight is 583 g/mol. The molecule has 2 aliphatic rings. The Hall–Kier alpha value is -2.52. The van der Waals surface area contributed by atoms with E-state index in [9.17, 15) is 13.2 Å². The molecule has 194 valence electrons. The smallest absolute Gasteiger partial charge is 0.243 e. The van der Waals surface area contributed by atoms with Gasteiger partial charge in [0.15, 0.2) is 0 Å². The van der Waals surface area contributed by atoms with Crippen LogP contribution in [0.1, 0.15) is 30.0 Å². The number of piperazine rings is 1. The van der Waals surface area contributed by atoms with Gasteiger partial charge in [0.05, 0.1) is 16.9 Å². The molecule has 8 heteroatoms. The first-order chi connectivity index (χ1) is 17.9. The largest absolute Gasteiger partial charge is 0.340 e. The van der Waals surface area contributed by atoms with Crippen LogP contribution in [0, 0.1) is 5.92 Å². The first-order valence-corrected chi connectivity index (χ1v) is 15.1. The summed E-state index contributed by atoms with van der Waals surface area (Å²) in [6.45, 7) is 3.53. The fraction of sp³-hybridized carbons (Fsp3) is 0.345. The topological polar surface area (TPSA) is 60.9 Å². The maximum Gasteiger partial charge on any atom is 0.243 e. The number of carbonyl (C=O) groups excluding carboxylic acids is 1. The molecule has 6 nitrogen and oxygen atoms in total. The molecule has 0 spiro atoms. The molecule has 2 aliphatic heterocycles. The van der Waals surface area contributed by atoms with E-state index in [0.29, 0.717) is 26.1 Å². The third-order valence-corrected chi connectivity index (χ3v) is 9.81. The Morgan fingerprint density at radius 2 is 1.35 bits per heavy atom. The molecule has 5 rings (SSSR count). The lowest BCUT2D eigenvalue weighted by Gasteiger charge is -2.41. The number of piperidine rings is 1. The lowest BCUT2D eigenvalue weighted by molar-refractivity contribution is -0.138. The monoisotopic (exact) mass is 581 g/mol. The Balaban J connectivity index is 1.25. The zero-order valence-corrected chi connectivity index (χ0v) is 23.1. The molecule has 37 heavy (non-hydrogen) atoms. The van der Waals surface area contributed by atoms with Gasteiger partial charge >= 0.3 is 0 Å². The van der Waals surface area contributed by atoms with Crippen molar-refractivity contribution in [2.24, 2.45) is 5.92 Å². The number of hydrogen-bond acceptors (Lipinski definition) is 4. The van der Waals surface area contributed by atoms with Gasteiger partial charge in [-0.05, 0) is 48.2 Å². The molecule has 0 saturated carbocycles. The molecular weight excluding hydrogens is 550 g/mol. The number of hydrogen-bond donors (Lipinski definition) is 0. The van der Waals surface area contributed by atoms with Crippen molar-refractivity contribution in [1.29, 1.82) is 0 Å². The van der Waals surface area contributed by atoms with Crippen molar-refractivity contribution in [3.63, 3.8) is 0 Å². The van der Waals surface area contributed by atoms with E-state index in [1.54, 1.807) is 24.3 Å². The normalized spacial score (nSPS) is 19.7. The van der Waals surface area contributed by atoms with Crippen LogP contribution in [0.4, 0.5) is 0 Å². The molecule has 0 aromatic heterocycles. The number of benzene rings is 3. The van der Waals surface area contributed by atoms with Crippen LogP contribution in [0.25, 0.3) is 0 Å². The van der Waals surface area contributed by atoms with Crippen LogP contribution in [0.3, 0.4) is 0 Å². The summed E-state index contributed by atoms with van der Waals surface area (Å²) < 4.78 is 28.7. The maximum atomic E-state index is 13.5. The maximum absolute atomic E-state index is 13.5. The van der Waals surface area contributed by atoms with E-state index in [1.807, 2.05) is 17.0 Å². The Bertz CT molecular complexity index is 1260. The van der Waals surface area contributed by atoms with Crippen LogP contribution in [0.2, 0.25) is 0 Å². The van der Waals surface area contributed by atoms with Gasteiger partial charge in [-0.15, -0.1) is 0 Å². The predicted molar refractivity (Wildman–Crippen MR) is 149 cm³/mol. The summed E-state index contributed by atoms with van der Waals surface area (Å²) in [5.41, 5.74) is 2.49. The average Bonchev–Trinajstić information content (AvgIpc) is 2.95. The van der Waals surface area contributed by atoms with Crippen molar-refractivity contribution in [3.8, 4) is 0 Å². The number of sulfonamides is 1. The molecule has 2 fully saturated rings. The second kappa shape index (κ2) is 11.5. The predicted octanol–water partition coefficient (Wildman–Crippen LogP) is 4.78. The van der Waals surface area contributed by atoms with E-state index in [0.717, 1.165) is 24.0 Å². The van der Waals surface area contributed by atoms with Crippen LogP contribution < -0.4 is 0 Å². The van der Waals surface area contributed by atoms with E-state index < -0.39 is 10.0 Å². The van der Waals surface area contributed by atoms with Crippen molar-refractivity contribution in [1.82, 2.24) is 14.1 Å². The van der Waals surface area contributed by atoms with Crippen LogP contribution in [-0.4, -0.2) is 67.7 Å². The van der Waals surface area contributed by atoms with Gasteiger partial charge < -0.3 is 4.90 Å². The van der Waals surface area contributed by atoms with Crippen molar-refractivity contribution in [2.75, 3.05) is 39.3 Å². The van der Waals surface area contributed by atoms with Crippen molar-refractivity contribution < 1.29 is 13.2 Å². The summed E-state index contributed by atoms with van der Waals surface area (Å²) in [6.07, 6.45) is 1.41. The minimum Gasteiger partial charge on any atom is -0.340 e. The van der Waals surface area contributed by atoms with Gasteiger partial charge in [0.25, 0.3) is 0 Å². The SMILES string of the molecule is O=C([C@H]1CCCN(S(=O)(=O)c2ccc(Br)cc2)C1)N1CCN(C(c2ccccc2)c2ccccc2)CC1. The number of nitrogens with zero attached hydrogens (tertiary/aromatic N) is 3. The van der Waals surface area contributed by atoms with Crippen LogP contribution in [-0.2, 0) is 14.8 Å². The second-order valence-electron chi connectivity index (χ2n) is 9.74. The van der Waals surface area contributed by atoms with Crippen LogP contribution >= 0.6 is 15.9 Å². The number of rotatable bonds is 6. The first-order valence-electron chi connectivity index (χ1n) is 12.8. The minimum absolute atomic E-state index is 0.0753. The van der Waals surface area contributed by atoms with Gasteiger partial charge in [-0.3, -0.25) is 9.69 Å². The lowest BCUT2D eigenvalue weighted by Crippen LogP contribution is -2.53. The van der Waals surface area contributed by atoms with Crippen LogP contribution in [0.5, 0.6) is 0 Å². The molecule has 3 aromatic carbocycles. The Morgan fingerprint density at radius 1 is 0.784 bits per heavy atom. The third kappa shape index (κ3) is 5.82. The highest BCUT2D eigenvalue weighted by atomic mass is 79.9. The molecule has 1 amide bonds. The van der Waals surface area contributed by atoms with Gasteiger partial charge in [0.1, 0.15) is 0 Å². The Kier molecular flexibility index (Phi) is 8.09. The zero-order chi connectivity index (χ0) is 25.8. The molecule has 0 radical (unpaired) electrons. The van der Waals surface area contributed by atoms with Gasteiger partial charge in [-0.25, -0.2) is 8.42 Å². The van der Waals surface area contributed by atoms with Gasteiger partial charge in [0.2, 0.25) is 15.9 Å². The molecule has 0 N–H and O–H groups in total. The van der Waals surface area contributed by atoms with E-state index in [4.69, 9.17) is 0 Å². The van der Waals surface area contributed by atoms with Crippen molar-refractivity contribution >= 4 is 31.9 Å². The highest BCUT2D eigenvalue weighted by molar-refractivity contribution is 9.10. The zero-order valence-electron chi connectivity index (χ0n) is 20.7. The van der Waals surface area contributed by atoms with Gasteiger partial charge in [-0.1, -0.05) is 76.6 Å². The minimum atomic E-state index is -3.62. The molecule has 3 aromatic rings. The molecule has 1 atom stereocenters. The van der Waals surface area contributed by atoms with E-state index in [2.05, 4.69) is 69.4 Å². The standard InChI is InChI=1S/C29H32BrN3O3S/c30-26-13-15-27(16-14-26)37(35,36)33-17-7-12-25(22-33)29(34)32-20-18-31(19-21-32)28(23-8-3-1-4-9-23)24-10-5-2-6-11-24/h1-6,8-11,13-16,25,28H,7,12,17-22H2/t25-/m0/s1. The lowest BCUT2D eigenvalue weighted by atomic mass is 9.95. The molecule has 2 heterocycles. The Morgan fingerprint density at radius 3 is 1.92 bits per heavy atom. The molecule has 0 unspecified atom stereocenters. The van der Waals surface area contributed by atoms with E-state index >= 15 is 0 Å². The number of amides is 1.